The molecule has 9 aromatic carbocycles. The smallest absolute Gasteiger partial charge is 0.240 e. The Hall–Kier alpha value is -8.41. The van der Waals surface area contributed by atoms with Crippen LogP contribution in [0.3, 0.4) is 0 Å². The number of rotatable bonds is 4. The van der Waals surface area contributed by atoms with Crippen LogP contribution in [0.2, 0.25) is 0 Å². The lowest BCUT2D eigenvalue weighted by Gasteiger charge is -2.30. The third-order valence-electron chi connectivity index (χ3n) is 13.6. The van der Waals surface area contributed by atoms with Crippen LogP contribution in [-0.2, 0) is 5.41 Å². The first-order chi connectivity index (χ1) is 31.3. The Bertz CT molecular complexity index is 3760. The highest BCUT2D eigenvalue weighted by molar-refractivity contribution is 6.13. The van der Waals surface area contributed by atoms with Gasteiger partial charge in [0.25, 0.3) is 0 Å². The second-order valence-electron chi connectivity index (χ2n) is 16.7. The SMILES string of the molecule is c1ccc(-c2ccc(-c3nc(-n4c5ccccc5c5ccccc54)nc(-n4c5ccccc5c5cc6c(cc54)C4(c5ccccc5-c5ccccc54)c4ccccc4-6)n3)cc2)cc1. The van der Waals surface area contributed by atoms with E-state index in [0.29, 0.717) is 17.7 Å². The van der Waals surface area contributed by atoms with Crippen molar-refractivity contribution in [2.45, 2.75) is 5.41 Å². The maximum absolute atomic E-state index is 5.51. The van der Waals surface area contributed by atoms with Crippen LogP contribution in [0.5, 0.6) is 0 Å². The number of fused-ring (bicyclic) bond motifs is 16. The van der Waals surface area contributed by atoms with Gasteiger partial charge in [-0.25, -0.2) is 0 Å². The Morgan fingerprint density at radius 3 is 1.25 bits per heavy atom. The second kappa shape index (κ2) is 12.8. The molecular weight excluding hydrogens is 767 g/mol. The van der Waals surface area contributed by atoms with Crippen LogP contribution in [-0.4, -0.2) is 24.1 Å². The molecule has 0 fully saturated rings. The summed E-state index contributed by atoms with van der Waals surface area (Å²) in [6.45, 7) is 0. The average molecular weight is 802 g/mol. The number of nitrogens with zero attached hydrogens (tertiary/aromatic N) is 5. The quantitative estimate of drug-likeness (QED) is 0.178. The zero-order valence-corrected chi connectivity index (χ0v) is 33.9. The molecule has 0 atom stereocenters. The molecule has 0 amide bonds. The maximum Gasteiger partial charge on any atom is 0.240 e. The molecule has 5 heteroatoms. The summed E-state index contributed by atoms with van der Waals surface area (Å²) in [5.74, 6) is 1.73. The molecule has 3 aromatic heterocycles. The number of para-hydroxylation sites is 3. The molecule has 0 saturated carbocycles. The number of hydrogen-bond donors (Lipinski definition) is 0. The van der Waals surface area contributed by atoms with E-state index >= 15 is 0 Å². The lowest BCUT2D eigenvalue weighted by molar-refractivity contribution is 0.794. The average Bonchev–Trinajstić information content (AvgIpc) is 4.05. The van der Waals surface area contributed by atoms with Gasteiger partial charge in [-0.1, -0.05) is 182 Å². The Kier molecular flexibility index (Phi) is 6.97. The standard InChI is InChI=1S/C58H35N5/c1-2-16-36(17-3-1)37-30-32-38(33-31-37)55-59-56(62-51-27-13-7-21-42(51)43-22-8-14-28-52(43)62)61-57(60-55)63-53-29-15-9-23-44(53)46-34-45-41-20-6-12-26-49(41)58(50(45)35-54(46)63)47-24-10-4-18-39(47)40-19-5-11-25-48(40)58/h1-35H. The monoisotopic (exact) mass is 801 g/mol. The topological polar surface area (TPSA) is 48.5 Å². The fraction of sp³-hybridized carbons (Fsp3) is 0.0172. The van der Waals surface area contributed by atoms with Crippen molar-refractivity contribution in [2.75, 3.05) is 0 Å². The van der Waals surface area contributed by atoms with E-state index in [1.54, 1.807) is 0 Å². The summed E-state index contributed by atoms with van der Waals surface area (Å²) in [5.41, 5.74) is 17.2. The molecule has 0 saturated heterocycles. The Morgan fingerprint density at radius 2 is 0.698 bits per heavy atom. The molecule has 0 bridgehead atoms. The van der Waals surface area contributed by atoms with Gasteiger partial charge >= 0.3 is 0 Å². The summed E-state index contributed by atoms with van der Waals surface area (Å²) < 4.78 is 4.47. The van der Waals surface area contributed by atoms with Crippen LogP contribution >= 0.6 is 0 Å². The minimum Gasteiger partial charge on any atom is -0.278 e. The van der Waals surface area contributed by atoms with Crippen molar-refractivity contribution in [2.24, 2.45) is 0 Å². The first-order valence-electron chi connectivity index (χ1n) is 21.5. The predicted octanol–water partition coefficient (Wildman–Crippen LogP) is 13.7. The van der Waals surface area contributed by atoms with Crippen LogP contribution in [0, 0.1) is 0 Å². The van der Waals surface area contributed by atoms with Crippen molar-refractivity contribution in [3.63, 3.8) is 0 Å². The molecule has 3 heterocycles. The summed E-state index contributed by atoms with van der Waals surface area (Å²) in [7, 11) is 0. The third kappa shape index (κ3) is 4.63. The molecule has 0 radical (unpaired) electrons. The van der Waals surface area contributed by atoms with Gasteiger partial charge in [0.2, 0.25) is 11.9 Å². The van der Waals surface area contributed by atoms with Crippen LogP contribution in [0.15, 0.2) is 212 Å². The van der Waals surface area contributed by atoms with Crippen LogP contribution < -0.4 is 0 Å². The van der Waals surface area contributed by atoms with Crippen molar-refractivity contribution in [3.8, 4) is 56.7 Å². The molecule has 0 unspecified atom stereocenters. The van der Waals surface area contributed by atoms with Gasteiger partial charge in [-0.3, -0.25) is 9.13 Å². The minimum atomic E-state index is -0.493. The van der Waals surface area contributed by atoms with Gasteiger partial charge in [0.15, 0.2) is 5.82 Å². The van der Waals surface area contributed by atoms with Gasteiger partial charge in [0.05, 0.1) is 27.5 Å². The van der Waals surface area contributed by atoms with Crippen molar-refractivity contribution in [3.05, 3.63) is 235 Å². The molecule has 63 heavy (non-hydrogen) atoms. The molecule has 12 aromatic rings. The molecule has 292 valence electrons. The summed E-state index contributed by atoms with van der Waals surface area (Å²) in [6, 6.07) is 76.6. The van der Waals surface area contributed by atoms with Crippen molar-refractivity contribution >= 4 is 43.6 Å². The minimum absolute atomic E-state index is 0.493. The van der Waals surface area contributed by atoms with E-state index in [9.17, 15) is 0 Å². The van der Waals surface area contributed by atoms with Crippen LogP contribution in [0.25, 0.3) is 100 Å². The molecule has 5 nitrogen and oxygen atoms in total. The zero-order valence-electron chi connectivity index (χ0n) is 33.9. The van der Waals surface area contributed by atoms with E-state index < -0.39 is 5.41 Å². The van der Waals surface area contributed by atoms with E-state index in [1.165, 1.54) is 44.5 Å². The Labute approximate surface area is 362 Å². The van der Waals surface area contributed by atoms with Crippen LogP contribution in [0.1, 0.15) is 22.3 Å². The Balaban J connectivity index is 1.08. The predicted molar refractivity (Wildman–Crippen MR) is 256 cm³/mol. The third-order valence-corrected chi connectivity index (χ3v) is 13.6. The number of hydrogen-bond acceptors (Lipinski definition) is 3. The normalized spacial score (nSPS) is 13.2. The first-order valence-corrected chi connectivity index (χ1v) is 21.5. The zero-order chi connectivity index (χ0) is 41.2. The first kappa shape index (κ1) is 34.3. The number of aromatic nitrogens is 5. The lowest BCUT2D eigenvalue weighted by Crippen LogP contribution is -2.25. The molecule has 14 rings (SSSR count). The molecule has 0 aliphatic heterocycles. The molecule has 1 spiro atoms. The summed E-state index contributed by atoms with van der Waals surface area (Å²) in [4.78, 5) is 16.3. The van der Waals surface area contributed by atoms with Gasteiger partial charge in [0.1, 0.15) is 0 Å². The largest absolute Gasteiger partial charge is 0.278 e. The fourth-order valence-corrected chi connectivity index (χ4v) is 11.0. The molecule has 2 aliphatic rings. The summed E-state index contributed by atoms with van der Waals surface area (Å²) >= 11 is 0. The second-order valence-corrected chi connectivity index (χ2v) is 16.7. The van der Waals surface area contributed by atoms with Crippen molar-refractivity contribution < 1.29 is 0 Å². The highest BCUT2D eigenvalue weighted by Gasteiger charge is 2.51. The van der Waals surface area contributed by atoms with E-state index in [1.807, 2.05) is 6.07 Å². The molecular formula is C58H35N5. The lowest BCUT2D eigenvalue weighted by atomic mass is 9.70. The highest BCUT2D eigenvalue weighted by Crippen LogP contribution is 2.63. The van der Waals surface area contributed by atoms with Crippen molar-refractivity contribution in [1.29, 1.82) is 0 Å². The van der Waals surface area contributed by atoms with Crippen LogP contribution in [0.4, 0.5) is 0 Å². The van der Waals surface area contributed by atoms with E-state index in [2.05, 4.69) is 215 Å². The van der Waals surface area contributed by atoms with E-state index in [4.69, 9.17) is 15.0 Å². The molecule has 0 N–H and O–H groups in total. The van der Waals surface area contributed by atoms with Gasteiger partial charge in [-0.15, -0.1) is 0 Å². The van der Waals surface area contributed by atoms with E-state index in [0.717, 1.165) is 60.3 Å². The van der Waals surface area contributed by atoms with Gasteiger partial charge in [0, 0.05) is 27.1 Å². The fourth-order valence-electron chi connectivity index (χ4n) is 11.0. The van der Waals surface area contributed by atoms with E-state index in [-0.39, 0.29) is 0 Å². The Morgan fingerprint density at radius 1 is 0.286 bits per heavy atom. The van der Waals surface area contributed by atoms with Gasteiger partial charge in [-0.2, -0.15) is 15.0 Å². The van der Waals surface area contributed by atoms with Gasteiger partial charge in [-0.05, 0) is 86.0 Å². The highest BCUT2D eigenvalue weighted by atomic mass is 15.3. The summed E-state index contributed by atoms with van der Waals surface area (Å²) in [5, 5.41) is 4.60. The van der Waals surface area contributed by atoms with Crippen molar-refractivity contribution in [1.82, 2.24) is 24.1 Å². The summed E-state index contributed by atoms with van der Waals surface area (Å²) in [6.07, 6.45) is 0. The van der Waals surface area contributed by atoms with Gasteiger partial charge < -0.3 is 0 Å². The number of benzene rings is 9. The molecule has 2 aliphatic carbocycles. The maximum atomic E-state index is 5.51.